The van der Waals surface area contributed by atoms with E-state index in [1.54, 1.807) is 0 Å². The summed E-state index contributed by atoms with van der Waals surface area (Å²) in [5, 5.41) is 17.3. The summed E-state index contributed by atoms with van der Waals surface area (Å²) in [5.74, 6) is -1.30. The Bertz CT molecular complexity index is 661. The lowest BCUT2D eigenvalue weighted by Crippen LogP contribution is -1.93. The molecule has 0 fully saturated rings. The Kier molecular flexibility index (Phi) is 47.1. The van der Waals surface area contributed by atoms with Gasteiger partial charge in [-0.2, -0.15) is 0 Å². The zero-order chi connectivity index (χ0) is 39.1. The van der Waals surface area contributed by atoms with E-state index in [1.165, 1.54) is 270 Å². The summed E-state index contributed by atoms with van der Waals surface area (Å²) < 4.78 is 0. The molecule has 2 N–H and O–H groups in total. The topological polar surface area (TPSA) is 74.6 Å². The lowest BCUT2D eigenvalue weighted by molar-refractivity contribution is -0.138. The van der Waals surface area contributed by atoms with Gasteiger partial charge in [0.05, 0.1) is 0 Å². The normalized spacial score (nSPS) is 11.5. The average molecular weight is 763 g/mol. The van der Waals surface area contributed by atoms with Crippen molar-refractivity contribution in [3.05, 3.63) is 0 Å². The minimum absolute atomic E-state index is 0.343. The quantitative estimate of drug-likeness (QED) is 0.0605. The molecule has 0 bridgehead atoms. The summed E-state index contributed by atoms with van der Waals surface area (Å²) in [6.45, 7) is 0. The summed E-state index contributed by atoms with van der Waals surface area (Å²) in [6, 6.07) is 0. The molecular formula is C50H98O4. The first-order chi connectivity index (χ1) is 26.6. The third-order valence-corrected chi connectivity index (χ3v) is 12.0. The molecule has 4 nitrogen and oxygen atoms in total. The summed E-state index contributed by atoms with van der Waals surface area (Å²) in [5.41, 5.74) is 0. The molecule has 0 saturated carbocycles. The van der Waals surface area contributed by atoms with E-state index < -0.39 is 11.9 Å². The van der Waals surface area contributed by atoms with Gasteiger partial charge in [-0.3, -0.25) is 9.59 Å². The molecule has 0 unspecified atom stereocenters. The Hall–Kier alpha value is -1.06. The van der Waals surface area contributed by atoms with Gasteiger partial charge >= 0.3 is 11.9 Å². The Labute approximate surface area is 339 Å². The van der Waals surface area contributed by atoms with E-state index in [-0.39, 0.29) is 0 Å². The number of hydrogen-bond acceptors (Lipinski definition) is 2. The van der Waals surface area contributed by atoms with Crippen LogP contribution in [0.1, 0.15) is 308 Å². The Morgan fingerprint density at radius 2 is 0.241 bits per heavy atom. The van der Waals surface area contributed by atoms with E-state index in [0.29, 0.717) is 12.8 Å². The number of carboxylic acid groups (broad SMARTS) is 2. The van der Waals surface area contributed by atoms with Crippen LogP contribution in [0.15, 0.2) is 0 Å². The van der Waals surface area contributed by atoms with E-state index >= 15 is 0 Å². The highest BCUT2D eigenvalue weighted by atomic mass is 16.4. The second kappa shape index (κ2) is 48.1. The number of rotatable bonds is 49. The van der Waals surface area contributed by atoms with Crippen LogP contribution in [0.25, 0.3) is 0 Å². The Morgan fingerprint density at radius 3 is 0.315 bits per heavy atom. The summed E-state index contributed by atoms with van der Waals surface area (Å²) in [7, 11) is 0. The summed E-state index contributed by atoms with van der Waals surface area (Å²) in [4.78, 5) is 21.0. The summed E-state index contributed by atoms with van der Waals surface area (Å²) >= 11 is 0. The van der Waals surface area contributed by atoms with Gasteiger partial charge in [0, 0.05) is 12.8 Å². The molecule has 0 aliphatic carbocycles. The van der Waals surface area contributed by atoms with Crippen molar-refractivity contribution in [1.82, 2.24) is 0 Å². The molecule has 0 radical (unpaired) electrons. The van der Waals surface area contributed by atoms with Crippen LogP contribution < -0.4 is 0 Å². The molecule has 0 aliphatic rings. The van der Waals surface area contributed by atoms with Crippen LogP contribution in [0.2, 0.25) is 0 Å². The van der Waals surface area contributed by atoms with E-state index in [1.807, 2.05) is 0 Å². The molecule has 0 aromatic heterocycles. The van der Waals surface area contributed by atoms with E-state index in [0.717, 1.165) is 25.7 Å². The maximum absolute atomic E-state index is 10.5. The first-order valence-electron chi connectivity index (χ1n) is 25.1. The van der Waals surface area contributed by atoms with Crippen LogP contribution in [0.5, 0.6) is 0 Å². The molecule has 0 aromatic rings. The Balaban J connectivity index is 3.06. The van der Waals surface area contributed by atoms with Gasteiger partial charge in [0.1, 0.15) is 0 Å². The van der Waals surface area contributed by atoms with Gasteiger partial charge in [-0.15, -0.1) is 0 Å². The fraction of sp³-hybridized carbons (Fsp3) is 0.960. The van der Waals surface area contributed by atoms with Gasteiger partial charge in [0.25, 0.3) is 0 Å². The molecule has 54 heavy (non-hydrogen) atoms. The first-order valence-corrected chi connectivity index (χ1v) is 25.1. The molecule has 0 aromatic carbocycles. The SMILES string of the molecule is O=C(O)CCCCCCCCCCCCCCCCCCCCCCCCCCCCCCCCCCCCCCCCCCCCCCCCC(=O)O. The van der Waals surface area contributed by atoms with Crippen LogP contribution >= 0.6 is 0 Å². The van der Waals surface area contributed by atoms with Gasteiger partial charge in [-0.05, 0) is 12.8 Å². The van der Waals surface area contributed by atoms with Crippen molar-refractivity contribution in [2.75, 3.05) is 0 Å². The molecule has 0 atom stereocenters. The smallest absolute Gasteiger partial charge is 0.303 e. The average Bonchev–Trinajstić information content (AvgIpc) is 3.15. The van der Waals surface area contributed by atoms with Gasteiger partial charge in [0.15, 0.2) is 0 Å². The predicted octanol–water partition coefficient (Wildman–Crippen LogP) is 17.9. The first kappa shape index (κ1) is 52.9. The van der Waals surface area contributed by atoms with Crippen molar-refractivity contribution < 1.29 is 19.8 Å². The maximum atomic E-state index is 10.5. The molecule has 0 amide bonds. The number of carboxylic acids is 2. The standard InChI is InChI=1S/C50H98O4/c51-49(52)47-45-43-41-39-37-35-33-31-29-27-25-23-21-19-17-15-13-11-9-7-5-3-1-2-4-6-8-10-12-14-16-18-20-22-24-26-28-30-32-34-36-38-40-42-44-46-48-50(53)54/h1-48H2,(H,51,52)(H,53,54). The molecular weight excluding hydrogens is 665 g/mol. The van der Waals surface area contributed by atoms with Gasteiger partial charge in [0.2, 0.25) is 0 Å². The minimum atomic E-state index is -0.650. The fourth-order valence-electron chi connectivity index (χ4n) is 8.33. The second-order valence-corrected chi connectivity index (χ2v) is 17.6. The fourth-order valence-corrected chi connectivity index (χ4v) is 8.33. The van der Waals surface area contributed by atoms with Crippen LogP contribution in [0, 0.1) is 0 Å². The third-order valence-electron chi connectivity index (χ3n) is 12.0. The minimum Gasteiger partial charge on any atom is -0.481 e. The highest BCUT2D eigenvalue weighted by Crippen LogP contribution is 2.18. The van der Waals surface area contributed by atoms with Crippen molar-refractivity contribution >= 4 is 11.9 Å². The van der Waals surface area contributed by atoms with Crippen LogP contribution in [0.4, 0.5) is 0 Å². The third kappa shape index (κ3) is 50.9. The molecule has 0 heterocycles. The molecule has 0 spiro atoms. The highest BCUT2D eigenvalue weighted by Gasteiger charge is 2.00. The largest absolute Gasteiger partial charge is 0.481 e. The molecule has 0 saturated heterocycles. The van der Waals surface area contributed by atoms with E-state index in [9.17, 15) is 9.59 Å². The maximum Gasteiger partial charge on any atom is 0.303 e. The van der Waals surface area contributed by atoms with E-state index in [2.05, 4.69) is 0 Å². The lowest BCUT2D eigenvalue weighted by Gasteiger charge is -2.05. The van der Waals surface area contributed by atoms with Crippen molar-refractivity contribution in [3.8, 4) is 0 Å². The molecule has 0 rings (SSSR count). The van der Waals surface area contributed by atoms with Crippen LogP contribution in [-0.4, -0.2) is 22.2 Å². The van der Waals surface area contributed by atoms with Crippen molar-refractivity contribution in [3.63, 3.8) is 0 Å². The lowest BCUT2D eigenvalue weighted by atomic mass is 10.0. The van der Waals surface area contributed by atoms with Gasteiger partial charge in [-0.1, -0.05) is 283 Å². The van der Waals surface area contributed by atoms with Crippen molar-refractivity contribution in [2.45, 2.75) is 308 Å². The summed E-state index contributed by atoms with van der Waals surface area (Å²) in [6.07, 6.45) is 64.3. The molecule has 322 valence electrons. The molecule has 4 heteroatoms. The van der Waals surface area contributed by atoms with Crippen LogP contribution in [0.3, 0.4) is 0 Å². The molecule has 0 aliphatic heterocycles. The number of unbranched alkanes of at least 4 members (excludes halogenated alkanes) is 45. The second-order valence-electron chi connectivity index (χ2n) is 17.6. The monoisotopic (exact) mass is 763 g/mol. The van der Waals surface area contributed by atoms with Gasteiger partial charge in [-0.25, -0.2) is 0 Å². The number of aliphatic carboxylic acids is 2. The zero-order valence-electron chi connectivity index (χ0n) is 36.7. The van der Waals surface area contributed by atoms with Gasteiger partial charge < -0.3 is 10.2 Å². The highest BCUT2D eigenvalue weighted by molar-refractivity contribution is 5.66. The van der Waals surface area contributed by atoms with Crippen LogP contribution in [-0.2, 0) is 9.59 Å². The Morgan fingerprint density at radius 1 is 0.167 bits per heavy atom. The van der Waals surface area contributed by atoms with E-state index in [4.69, 9.17) is 10.2 Å². The predicted molar refractivity (Wildman–Crippen MR) is 237 cm³/mol. The van der Waals surface area contributed by atoms with Crippen molar-refractivity contribution in [2.24, 2.45) is 0 Å². The zero-order valence-corrected chi connectivity index (χ0v) is 36.7. The number of carbonyl (C=O) groups is 2. The number of hydrogen-bond donors (Lipinski definition) is 2. The van der Waals surface area contributed by atoms with Crippen molar-refractivity contribution in [1.29, 1.82) is 0 Å².